The number of hydrogen-bond acceptors (Lipinski definition) is 4. The van der Waals surface area contributed by atoms with E-state index in [0.717, 1.165) is 56.0 Å². The van der Waals surface area contributed by atoms with Crippen LogP contribution < -0.4 is 0 Å². The molecule has 1 N–H and O–H groups in total. The minimum absolute atomic E-state index is 0.198. The van der Waals surface area contributed by atoms with Crippen molar-refractivity contribution in [2.75, 3.05) is 19.8 Å². The number of rotatable bonds is 5. The summed E-state index contributed by atoms with van der Waals surface area (Å²) in [6.07, 6.45) is 4.44. The van der Waals surface area contributed by atoms with E-state index < -0.39 is 0 Å². The van der Waals surface area contributed by atoms with Gasteiger partial charge in [0.1, 0.15) is 11.3 Å². The molecule has 2 aromatic rings. The third kappa shape index (κ3) is 2.62. The fraction of sp³-hybridized carbons (Fsp3) is 0.571. The Kier molecular flexibility index (Phi) is 3.75. The summed E-state index contributed by atoms with van der Waals surface area (Å²) in [5, 5.41) is 9.00. The lowest BCUT2D eigenvalue weighted by atomic mass is 10.1. The van der Waals surface area contributed by atoms with Gasteiger partial charge in [-0.3, -0.25) is 0 Å². The maximum atomic E-state index is 9.00. The van der Waals surface area contributed by atoms with E-state index in [1.807, 2.05) is 18.3 Å². The molecule has 0 amide bonds. The molecule has 3 rings (SSSR count). The average molecular weight is 261 g/mol. The van der Waals surface area contributed by atoms with Crippen LogP contribution in [0.1, 0.15) is 18.7 Å². The molecule has 5 nitrogen and oxygen atoms in total. The van der Waals surface area contributed by atoms with Crippen molar-refractivity contribution in [3.8, 4) is 0 Å². The van der Waals surface area contributed by atoms with Gasteiger partial charge in [0.2, 0.25) is 0 Å². The summed E-state index contributed by atoms with van der Waals surface area (Å²) in [6.45, 7) is 2.79. The van der Waals surface area contributed by atoms with Crippen molar-refractivity contribution in [1.82, 2.24) is 14.5 Å². The van der Waals surface area contributed by atoms with E-state index in [9.17, 15) is 0 Å². The number of aliphatic hydroxyl groups excluding tert-OH is 1. The quantitative estimate of drug-likeness (QED) is 0.883. The molecule has 1 atom stereocenters. The number of imidazole rings is 1. The number of nitrogens with zero attached hydrogens (tertiary/aromatic N) is 3. The van der Waals surface area contributed by atoms with Crippen molar-refractivity contribution >= 4 is 11.2 Å². The fourth-order valence-corrected chi connectivity index (χ4v) is 2.61. The molecule has 0 saturated carbocycles. The lowest BCUT2D eigenvalue weighted by Crippen LogP contribution is -2.14. The first-order valence-electron chi connectivity index (χ1n) is 6.87. The van der Waals surface area contributed by atoms with Gasteiger partial charge < -0.3 is 14.4 Å². The van der Waals surface area contributed by atoms with Crippen LogP contribution in [0, 0.1) is 5.92 Å². The van der Waals surface area contributed by atoms with Crippen LogP contribution >= 0.6 is 0 Å². The highest BCUT2D eigenvalue weighted by molar-refractivity contribution is 5.71. The highest BCUT2D eigenvalue weighted by Crippen LogP contribution is 2.20. The summed E-state index contributed by atoms with van der Waals surface area (Å²) in [7, 11) is 0. The van der Waals surface area contributed by atoms with Crippen LogP contribution in [0.4, 0.5) is 0 Å². The average Bonchev–Trinajstić information content (AvgIpc) is 3.06. The second kappa shape index (κ2) is 5.67. The maximum Gasteiger partial charge on any atom is 0.159 e. The third-order valence-corrected chi connectivity index (χ3v) is 3.61. The van der Waals surface area contributed by atoms with E-state index in [1.54, 1.807) is 0 Å². The predicted molar refractivity (Wildman–Crippen MR) is 71.9 cm³/mol. The second-order valence-corrected chi connectivity index (χ2v) is 5.04. The standard InChI is InChI=1S/C14H19N3O2/c18-7-2-4-13-16-12-3-1-6-15-14(12)17(13)9-11-5-8-19-10-11/h1,3,6,11,18H,2,4-5,7-10H2. The van der Waals surface area contributed by atoms with Crippen molar-refractivity contribution in [1.29, 1.82) is 0 Å². The Balaban J connectivity index is 1.92. The predicted octanol–water partition coefficient (Wildman–Crippen LogP) is 1.39. The molecule has 2 aromatic heterocycles. The van der Waals surface area contributed by atoms with Gasteiger partial charge in [-0.15, -0.1) is 0 Å². The van der Waals surface area contributed by atoms with Crippen LogP contribution in [-0.2, 0) is 17.7 Å². The van der Waals surface area contributed by atoms with Crippen molar-refractivity contribution < 1.29 is 9.84 Å². The molecule has 1 aliphatic heterocycles. The van der Waals surface area contributed by atoms with E-state index in [1.165, 1.54) is 0 Å². The zero-order chi connectivity index (χ0) is 13.1. The Morgan fingerprint density at radius 3 is 3.21 bits per heavy atom. The lowest BCUT2D eigenvalue weighted by Gasteiger charge is -2.12. The Bertz CT molecular complexity index is 547. The monoisotopic (exact) mass is 261 g/mol. The van der Waals surface area contributed by atoms with E-state index in [2.05, 4.69) is 14.5 Å². The van der Waals surface area contributed by atoms with Crippen molar-refractivity contribution in [3.05, 3.63) is 24.2 Å². The summed E-state index contributed by atoms with van der Waals surface area (Å²) < 4.78 is 7.64. The summed E-state index contributed by atoms with van der Waals surface area (Å²) in [5.41, 5.74) is 1.89. The first kappa shape index (κ1) is 12.6. The van der Waals surface area contributed by atoms with Crippen LogP contribution in [0.15, 0.2) is 18.3 Å². The molecule has 102 valence electrons. The molecule has 19 heavy (non-hydrogen) atoms. The van der Waals surface area contributed by atoms with Gasteiger partial charge in [0.05, 0.1) is 6.61 Å². The van der Waals surface area contributed by atoms with Crippen LogP contribution in [0.2, 0.25) is 0 Å². The summed E-state index contributed by atoms with van der Waals surface area (Å²) in [5.74, 6) is 1.57. The lowest BCUT2D eigenvalue weighted by molar-refractivity contribution is 0.182. The van der Waals surface area contributed by atoms with E-state index in [-0.39, 0.29) is 6.61 Å². The summed E-state index contributed by atoms with van der Waals surface area (Å²) in [6, 6.07) is 3.90. The molecular formula is C14H19N3O2. The van der Waals surface area contributed by atoms with Gasteiger partial charge in [0.25, 0.3) is 0 Å². The fourth-order valence-electron chi connectivity index (χ4n) is 2.61. The highest BCUT2D eigenvalue weighted by Gasteiger charge is 2.19. The van der Waals surface area contributed by atoms with Gasteiger partial charge in [0, 0.05) is 38.3 Å². The molecule has 0 aromatic carbocycles. The molecule has 0 bridgehead atoms. The molecule has 1 aliphatic rings. The third-order valence-electron chi connectivity index (χ3n) is 3.61. The zero-order valence-corrected chi connectivity index (χ0v) is 11.0. The molecule has 1 fully saturated rings. The number of fused-ring (bicyclic) bond motifs is 1. The number of aryl methyl sites for hydroxylation is 1. The van der Waals surface area contributed by atoms with Gasteiger partial charge in [-0.05, 0) is 25.0 Å². The van der Waals surface area contributed by atoms with Crippen molar-refractivity contribution in [2.24, 2.45) is 5.92 Å². The Morgan fingerprint density at radius 2 is 2.42 bits per heavy atom. The molecule has 1 saturated heterocycles. The Labute approximate surface area is 112 Å². The first-order valence-corrected chi connectivity index (χ1v) is 6.87. The van der Waals surface area contributed by atoms with E-state index in [4.69, 9.17) is 9.84 Å². The smallest absolute Gasteiger partial charge is 0.159 e. The molecular weight excluding hydrogens is 242 g/mol. The molecule has 5 heteroatoms. The van der Waals surface area contributed by atoms with Gasteiger partial charge in [-0.1, -0.05) is 0 Å². The minimum atomic E-state index is 0.198. The maximum absolute atomic E-state index is 9.00. The second-order valence-electron chi connectivity index (χ2n) is 5.04. The Morgan fingerprint density at radius 1 is 1.47 bits per heavy atom. The Hall–Kier alpha value is -1.46. The normalized spacial score (nSPS) is 19.3. The largest absolute Gasteiger partial charge is 0.396 e. The molecule has 0 aliphatic carbocycles. The van der Waals surface area contributed by atoms with E-state index >= 15 is 0 Å². The van der Waals surface area contributed by atoms with Gasteiger partial charge in [-0.25, -0.2) is 9.97 Å². The van der Waals surface area contributed by atoms with Crippen LogP contribution in [0.25, 0.3) is 11.2 Å². The zero-order valence-electron chi connectivity index (χ0n) is 11.0. The number of hydrogen-bond donors (Lipinski definition) is 1. The van der Waals surface area contributed by atoms with Crippen LogP contribution in [-0.4, -0.2) is 39.5 Å². The van der Waals surface area contributed by atoms with Crippen LogP contribution in [0.3, 0.4) is 0 Å². The first-order chi connectivity index (χ1) is 9.38. The SMILES string of the molecule is OCCCc1nc2cccnc2n1CC1CCOC1. The van der Waals surface area contributed by atoms with Gasteiger partial charge in [-0.2, -0.15) is 0 Å². The van der Waals surface area contributed by atoms with Gasteiger partial charge in [0.15, 0.2) is 5.65 Å². The molecule has 1 unspecified atom stereocenters. The van der Waals surface area contributed by atoms with Gasteiger partial charge >= 0.3 is 0 Å². The summed E-state index contributed by atoms with van der Waals surface area (Å²) >= 11 is 0. The van der Waals surface area contributed by atoms with Crippen LogP contribution in [0.5, 0.6) is 0 Å². The number of pyridine rings is 1. The highest BCUT2D eigenvalue weighted by atomic mass is 16.5. The number of aromatic nitrogens is 3. The molecule has 0 radical (unpaired) electrons. The van der Waals surface area contributed by atoms with Crippen molar-refractivity contribution in [3.63, 3.8) is 0 Å². The number of aliphatic hydroxyl groups is 1. The number of ether oxygens (including phenoxy) is 1. The molecule has 3 heterocycles. The summed E-state index contributed by atoms with van der Waals surface area (Å²) in [4.78, 5) is 9.09. The molecule has 0 spiro atoms. The minimum Gasteiger partial charge on any atom is -0.396 e. The van der Waals surface area contributed by atoms with E-state index in [0.29, 0.717) is 5.92 Å². The van der Waals surface area contributed by atoms with Crippen molar-refractivity contribution in [2.45, 2.75) is 25.8 Å². The topological polar surface area (TPSA) is 60.2 Å².